The van der Waals surface area contributed by atoms with E-state index in [4.69, 9.17) is 4.98 Å². The van der Waals surface area contributed by atoms with E-state index in [9.17, 15) is 4.79 Å². The highest BCUT2D eigenvalue weighted by atomic mass is 79.9. The maximum atomic E-state index is 13.4. The summed E-state index contributed by atoms with van der Waals surface area (Å²) in [7, 11) is 0. The smallest absolute Gasteiger partial charge is 0.260 e. The Bertz CT molecular complexity index is 1160. The third-order valence-corrected chi connectivity index (χ3v) is 5.95. The van der Waals surface area contributed by atoms with Crippen LogP contribution in [-0.2, 0) is 6.54 Å². The number of anilines is 1. The first-order chi connectivity index (χ1) is 13.5. The molecular formula is C22H18BrN3OS. The summed E-state index contributed by atoms with van der Waals surface area (Å²) in [6.07, 6.45) is 3.51. The quantitative estimate of drug-likeness (QED) is 0.386. The molecule has 0 aliphatic carbocycles. The second-order valence-corrected chi connectivity index (χ2v) is 8.61. The van der Waals surface area contributed by atoms with Gasteiger partial charge in [0.05, 0.1) is 16.8 Å². The molecule has 0 aliphatic rings. The molecule has 0 fully saturated rings. The lowest BCUT2D eigenvalue weighted by molar-refractivity contribution is 0.0985. The van der Waals surface area contributed by atoms with Gasteiger partial charge in [-0.05, 0) is 60.9 Å². The normalized spacial score (nSPS) is 11.0. The molecule has 28 heavy (non-hydrogen) atoms. The standard InChI is InChI=1S/C22H18BrN3OS/c1-14-9-15(2)20-19(10-14)28-22(25-20)26(13-16-5-4-8-24-12-16)21(27)17-6-3-7-18(23)11-17/h3-12H,13H2,1-2H3. The molecule has 0 bridgehead atoms. The molecule has 4 aromatic rings. The van der Waals surface area contributed by atoms with E-state index in [0.717, 1.165) is 25.8 Å². The maximum absolute atomic E-state index is 13.4. The molecule has 0 saturated carbocycles. The fourth-order valence-corrected chi connectivity index (χ4v) is 4.69. The van der Waals surface area contributed by atoms with Gasteiger partial charge in [0, 0.05) is 22.4 Å². The van der Waals surface area contributed by atoms with Crippen LogP contribution >= 0.6 is 27.3 Å². The summed E-state index contributed by atoms with van der Waals surface area (Å²) >= 11 is 5.00. The van der Waals surface area contributed by atoms with Gasteiger partial charge in [-0.15, -0.1) is 0 Å². The van der Waals surface area contributed by atoms with Gasteiger partial charge in [-0.2, -0.15) is 0 Å². The lowest BCUT2D eigenvalue weighted by Gasteiger charge is -2.20. The Morgan fingerprint density at radius 1 is 1.14 bits per heavy atom. The van der Waals surface area contributed by atoms with Gasteiger partial charge >= 0.3 is 0 Å². The number of nitrogens with zero attached hydrogens (tertiary/aromatic N) is 3. The minimum atomic E-state index is -0.0846. The first kappa shape index (κ1) is 18.8. The first-order valence-corrected chi connectivity index (χ1v) is 10.5. The van der Waals surface area contributed by atoms with Crippen molar-refractivity contribution in [1.82, 2.24) is 9.97 Å². The van der Waals surface area contributed by atoms with Crippen LogP contribution in [-0.4, -0.2) is 15.9 Å². The molecule has 140 valence electrons. The lowest BCUT2D eigenvalue weighted by atomic mass is 10.1. The monoisotopic (exact) mass is 451 g/mol. The fraction of sp³-hybridized carbons (Fsp3) is 0.136. The second-order valence-electron chi connectivity index (χ2n) is 6.69. The molecule has 2 aromatic carbocycles. The number of aromatic nitrogens is 2. The summed E-state index contributed by atoms with van der Waals surface area (Å²) in [4.78, 5) is 24.1. The predicted molar refractivity (Wildman–Crippen MR) is 118 cm³/mol. The van der Waals surface area contributed by atoms with E-state index in [1.165, 1.54) is 5.56 Å². The highest BCUT2D eigenvalue weighted by Gasteiger charge is 2.22. The van der Waals surface area contributed by atoms with Gasteiger partial charge in [0.2, 0.25) is 0 Å². The van der Waals surface area contributed by atoms with Gasteiger partial charge in [0.15, 0.2) is 5.13 Å². The Balaban J connectivity index is 1.80. The van der Waals surface area contributed by atoms with Crippen molar-refractivity contribution in [3.63, 3.8) is 0 Å². The van der Waals surface area contributed by atoms with Crippen LogP contribution in [0.2, 0.25) is 0 Å². The van der Waals surface area contributed by atoms with Crippen molar-refractivity contribution in [3.05, 3.63) is 87.7 Å². The average molecular weight is 452 g/mol. The summed E-state index contributed by atoms with van der Waals surface area (Å²) in [5, 5.41) is 0.692. The van der Waals surface area contributed by atoms with Crippen molar-refractivity contribution in [2.45, 2.75) is 20.4 Å². The van der Waals surface area contributed by atoms with Crippen LogP contribution in [0.1, 0.15) is 27.0 Å². The van der Waals surface area contributed by atoms with Crippen LogP contribution in [0.25, 0.3) is 10.2 Å². The van der Waals surface area contributed by atoms with Crippen molar-refractivity contribution < 1.29 is 4.79 Å². The molecule has 0 atom stereocenters. The molecule has 0 spiro atoms. The number of fused-ring (bicyclic) bond motifs is 1. The number of hydrogen-bond acceptors (Lipinski definition) is 4. The lowest BCUT2D eigenvalue weighted by Crippen LogP contribution is -2.30. The van der Waals surface area contributed by atoms with E-state index in [1.54, 1.807) is 28.6 Å². The van der Waals surface area contributed by atoms with E-state index < -0.39 is 0 Å². The van der Waals surface area contributed by atoms with Gasteiger partial charge < -0.3 is 0 Å². The van der Waals surface area contributed by atoms with Crippen LogP contribution in [0.15, 0.2) is 65.4 Å². The molecule has 0 unspecified atom stereocenters. The van der Waals surface area contributed by atoms with E-state index >= 15 is 0 Å². The summed E-state index contributed by atoms with van der Waals surface area (Å²) < 4.78 is 1.96. The summed E-state index contributed by atoms with van der Waals surface area (Å²) in [6, 6.07) is 15.5. The van der Waals surface area contributed by atoms with Crippen LogP contribution in [0, 0.1) is 13.8 Å². The number of benzene rings is 2. The van der Waals surface area contributed by atoms with E-state index in [2.05, 4.69) is 46.9 Å². The molecule has 0 aliphatic heterocycles. The van der Waals surface area contributed by atoms with Crippen LogP contribution in [0.5, 0.6) is 0 Å². The Morgan fingerprint density at radius 2 is 2.00 bits per heavy atom. The number of carbonyl (C=O) groups is 1. The molecule has 4 nitrogen and oxygen atoms in total. The number of aryl methyl sites for hydroxylation is 2. The van der Waals surface area contributed by atoms with Crippen molar-refractivity contribution in [3.8, 4) is 0 Å². The maximum Gasteiger partial charge on any atom is 0.260 e. The van der Waals surface area contributed by atoms with E-state index in [1.807, 2.05) is 36.4 Å². The largest absolute Gasteiger partial charge is 0.279 e. The minimum Gasteiger partial charge on any atom is -0.279 e. The molecule has 2 heterocycles. The zero-order chi connectivity index (χ0) is 19.7. The van der Waals surface area contributed by atoms with Crippen molar-refractivity contribution in [1.29, 1.82) is 0 Å². The van der Waals surface area contributed by atoms with Crippen LogP contribution in [0.3, 0.4) is 0 Å². The van der Waals surface area contributed by atoms with Crippen molar-refractivity contribution in [2.24, 2.45) is 0 Å². The Labute approximate surface area is 176 Å². The third kappa shape index (κ3) is 3.84. The second kappa shape index (κ2) is 7.81. The SMILES string of the molecule is Cc1cc(C)c2nc(N(Cc3cccnc3)C(=O)c3cccc(Br)c3)sc2c1. The van der Waals surface area contributed by atoms with Crippen molar-refractivity contribution in [2.75, 3.05) is 4.90 Å². The number of halogens is 1. The van der Waals surface area contributed by atoms with Crippen molar-refractivity contribution >= 4 is 48.5 Å². The minimum absolute atomic E-state index is 0.0846. The molecule has 0 N–H and O–H groups in total. The summed E-state index contributed by atoms with van der Waals surface area (Å²) in [6.45, 7) is 4.54. The first-order valence-electron chi connectivity index (χ1n) is 8.85. The van der Waals surface area contributed by atoms with E-state index in [-0.39, 0.29) is 5.91 Å². The molecule has 4 rings (SSSR count). The number of amides is 1. The topological polar surface area (TPSA) is 46.1 Å². The highest BCUT2D eigenvalue weighted by molar-refractivity contribution is 9.10. The molecular weight excluding hydrogens is 434 g/mol. The number of hydrogen-bond donors (Lipinski definition) is 0. The molecule has 1 amide bonds. The zero-order valence-corrected chi connectivity index (χ0v) is 17.9. The summed E-state index contributed by atoms with van der Waals surface area (Å²) in [5.74, 6) is -0.0846. The number of rotatable bonds is 4. The van der Waals surface area contributed by atoms with Gasteiger partial charge in [-0.25, -0.2) is 4.98 Å². The number of carbonyl (C=O) groups excluding carboxylic acids is 1. The highest BCUT2D eigenvalue weighted by Crippen LogP contribution is 2.33. The number of pyridine rings is 1. The van der Waals surface area contributed by atoms with Gasteiger partial charge in [0.1, 0.15) is 0 Å². The van der Waals surface area contributed by atoms with Crippen LogP contribution in [0.4, 0.5) is 5.13 Å². The van der Waals surface area contributed by atoms with Crippen LogP contribution < -0.4 is 4.90 Å². The Hall–Kier alpha value is -2.57. The van der Waals surface area contributed by atoms with Gasteiger partial charge in [-0.3, -0.25) is 14.7 Å². The molecule has 2 aromatic heterocycles. The predicted octanol–water partition coefficient (Wildman–Crippen LogP) is 5.92. The Morgan fingerprint density at radius 3 is 2.75 bits per heavy atom. The van der Waals surface area contributed by atoms with Gasteiger partial charge in [0.25, 0.3) is 5.91 Å². The molecule has 6 heteroatoms. The average Bonchev–Trinajstić information content (AvgIpc) is 3.10. The van der Waals surface area contributed by atoms with E-state index in [0.29, 0.717) is 17.2 Å². The fourth-order valence-electron chi connectivity index (χ4n) is 3.15. The third-order valence-electron chi connectivity index (χ3n) is 4.43. The zero-order valence-electron chi connectivity index (χ0n) is 15.5. The summed E-state index contributed by atoms with van der Waals surface area (Å²) in [5.41, 5.74) is 4.83. The number of thiazole rings is 1. The van der Waals surface area contributed by atoms with Gasteiger partial charge in [-0.1, -0.05) is 45.5 Å². The molecule has 0 radical (unpaired) electrons. The molecule has 0 saturated heterocycles. The Kier molecular flexibility index (Phi) is 5.24.